The van der Waals surface area contributed by atoms with Crippen molar-refractivity contribution in [1.29, 1.82) is 0 Å². The highest BCUT2D eigenvalue weighted by atomic mass is 16.5. The molecule has 2 aromatic carbocycles. The van der Waals surface area contributed by atoms with Crippen molar-refractivity contribution in [2.45, 2.75) is 44.1 Å². The molecule has 4 amide bonds. The first-order chi connectivity index (χ1) is 16.8. The summed E-state index contributed by atoms with van der Waals surface area (Å²) in [6.07, 6.45) is 1.20. The number of benzene rings is 2. The van der Waals surface area contributed by atoms with E-state index < -0.39 is 0 Å². The molecule has 0 bridgehead atoms. The summed E-state index contributed by atoms with van der Waals surface area (Å²) in [6, 6.07) is 14.1. The molecule has 2 aromatic rings. The zero-order valence-electron chi connectivity index (χ0n) is 20.3. The Hall–Kier alpha value is -3.59. The first kappa shape index (κ1) is 24.5. The molecule has 0 spiro atoms. The average molecular weight is 481 g/mol. The minimum Gasteiger partial charge on any atom is -0.490 e. The summed E-state index contributed by atoms with van der Waals surface area (Å²) < 4.78 is 12.2. The number of rotatable bonds is 5. The van der Waals surface area contributed by atoms with E-state index in [4.69, 9.17) is 9.47 Å². The molecular weight excluding hydrogens is 448 g/mol. The number of hydrogen-bond acceptors (Lipinski definition) is 5. The van der Waals surface area contributed by atoms with Gasteiger partial charge in [0.15, 0.2) is 0 Å². The number of fused-ring (bicyclic) bond motifs is 2. The Balaban J connectivity index is 1.42. The SMILES string of the molecule is CN(C)C(=O)C[C@H]1CC[C@H]2[C@H](COc3ccc(NC(=O)NCc4ccccc4)cc3C(=O)N2C)O1. The van der Waals surface area contributed by atoms with Gasteiger partial charge in [0.1, 0.15) is 18.5 Å². The van der Waals surface area contributed by atoms with Crippen LogP contribution >= 0.6 is 0 Å². The van der Waals surface area contributed by atoms with Crippen LogP contribution in [0.1, 0.15) is 35.2 Å². The third-order valence-corrected chi connectivity index (χ3v) is 6.47. The number of likely N-dealkylation sites (N-methyl/N-ethyl adjacent to an activating group) is 1. The van der Waals surface area contributed by atoms with Crippen molar-refractivity contribution in [3.63, 3.8) is 0 Å². The fourth-order valence-electron chi connectivity index (χ4n) is 4.44. The molecule has 0 aliphatic carbocycles. The van der Waals surface area contributed by atoms with Crippen LogP contribution in [0.15, 0.2) is 48.5 Å². The van der Waals surface area contributed by atoms with Crippen LogP contribution in [-0.2, 0) is 16.1 Å². The van der Waals surface area contributed by atoms with Crippen LogP contribution in [0.5, 0.6) is 5.75 Å². The molecule has 186 valence electrons. The van der Waals surface area contributed by atoms with E-state index in [1.807, 2.05) is 30.3 Å². The highest BCUT2D eigenvalue weighted by molar-refractivity contribution is 5.99. The molecule has 2 aliphatic heterocycles. The molecule has 9 nitrogen and oxygen atoms in total. The third kappa shape index (κ3) is 5.92. The molecule has 3 atom stereocenters. The van der Waals surface area contributed by atoms with Gasteiger partial charge in [0.25, 0.3) is 5.91 Å². The van der Waals surface area contributed by atoms with E-state index >= 15 is 0 Å². The molecule has 35 heavy (non-hydrogen) atoms. The van der Waals surface area contributed by atoms with Crippen molar-refractivity contribution in [2.24, 2.45) is 0 Å². The monoisotopic (exact) mass is 480 g/mol. The van der Waals surface area contributed by atoms with Gasteiger partial charge >= 0.3 is 6.03 Å². The molecule has 9 heteroatoms. The zero-order valence-corrected chi connectivity index (χ0v) is 20.3. The zero-order chi connectivity index (χ0) is 24.9. The molecule has 0 radical (unpaired) electrons. The Morgan fingerprint density at radius 3 is 2.63 bits per heavy atom. The van der Waals surface area contributed by atoms with Crippen LogP contribution in [0.4, 0.5) is 10.5 Å². The highest BCUT2D eigenvalue weighted by Gasteiger charge is 2.39. The van der Waals surface area contributed by atoms with Crippen LogP contribution in [-0.4, -0.2) is 73.6 Å². The van der Waals surface area contributed by atoms with Gasteiger partial charge in [0.05, 0.1) is 24.1 Å². The Morgan fingerprint density at radius 2 is 1.89 bits per heavy atom. The lowest BCUT2D eigenvalue weighted by Gasteiger charge is -2.42. The second-order valence-electron chi connectivity index (χ2n) is 9.16. The summed E-state index contributed by atoms with van der Waals surface area (Å²) in [5, 5.41) is 5.60. The van der Waals surface area contributed by atoms with Crippen LogP contribution < -0.4 is 15.4 Å². The van der Waals surface area contributed by atoms with Crippen molar-refractivity contribution in [2.75, 3.05) is 33.1 Å². The van der Waals surface area contributed by atoms with Gasteiger partial charge in [-0.25, -0.2) is 4.79 Å². The molecule has 0 aromatic heterocycles. The molecular formula is C26H32N4O5. The summed E-state index contributed by atoms with van der Waals surface area (Å²) in [4.78, 5) is 41.1. The lowest BCUT2D eigenvalue weighted by atomic mass is 9.94. The van der Waals surface area contributed by atoms with E-state index in [0.29, 0.717) is 36.4 Å². The molecule has 4 rings (SSSR count). The fourth-order valence-corrected chi connectivity index (χ4v) is 4.44. The topological polar surface area (TPSA) is 100 Å². The number of carbonyl (C=O) groups is 3. The lowest BCUT2D eigenvalue weighted by Crippen LogP contribution is -2.53. The number of urea groups is 1. The standard InChI is InChI=1S/C26H32N4O5/c1-29(2)24(31)14-19-10-11-21-23(35-19)16-34-22-12-9-18(13-20(22)25(32)30(21)3)28-26(33)27-15-17-7-5-4-6-8-17/h4-9,12-13,19,21,23H,10-11,14-16H2,1-3H3,(H2,27,28,33)/t19-,21+,23+/m1/s1. The number of carbonyl (C=O) groups excluding carboxylic acids is 3. The Labute approximate surface area is 205 Å². The van der Waals surface area contributed by atoms with Gasteiger partial charge in [-0.3, -0.25) is 9.59 Å². The van der Waals surface area contributed by atoms with Crippen LogP contribution in [0.25, 0.3) is 0 Å². The Morgan fingerprint density at radius 1 is 1.11 bits per heavy atom. The number of amides is 4. The van der Waals surface area contributed by atoms with E-state index in [-0.39, 0.29) is 42.7 Å². The maximum absolute atomic E-state index is 13.3. The number of hydrogen-bond donors (Lipinski definition) is 2. The second-order valence-corrected chi connectivity index (χ2v) is 9.16. The lowest BCUT2D eigenvalue weighted by molar-refractivity contribution is -0.140. The minimum atomic E-state index is -0.361. The summed E-state index contributed by atoms with van der Waals surface area (Å²) >= 11 is 0. The summed E-state index contributed by atoms with van der Waals surface area (Å²) in [7, 11) is 5.22. The smallest absolute Gasteiger partial charge is 0.319 e. The van der Waals surface area contributed by atoms with E-state index in [9.17, 15) is 14.4 Å². The van der Waals surface area contributed by atoms with Gasteiger partial charge in [-0.2, -0.15) is 0 Å². The largest absolute Gasteiger partial charge is 0.490 e. The van der Waals surface area contributed by atoms with Crippen molar-refractivity contribution in [3.8, 4) is 5.75 Å². The van der Waals surface area contributed by atoms with Gasteiger partial charge in [-0.05, 0) is 36.6 Å². The molecule has 0 unspecified atom stereocenters. The molecule has 0 saturated carbocycles. The van der Waals surface area contributed by atoms with E-state index in [2.05, 4.69) is 10.6 Å². The Bertz CT molecular complexity index is 1070. The van der Waals surface area contributed by atoms with Gasteiger partial charge in [-0.1, -0.05) is 30.3 Å². The van der Waals surface area contributed by atoms with Crippen LogP contribution in [0.3, 0.4) is 0 Å². The van der Waals surface area contributed by atoms with E-state index in [0.717, 1.165) is 12.0 Å². The van der Waals surface area contributed by atoms with Gasteiger partial charge in [-0.15, -0.1) is 0 Å². The normalized spacial score (nSPS) is 21.5. The average Bonchev–Trinajstić information content (AvgIpc) is 2.86. The molecule has 1 saturated heterocycles. The van der Waals surface area contributed by atoms with Crippen molar-refractivity contribution >= 4 is 23.5 Å². The Kier molecular flexibility index (Phi) is 7.55. The molecule has 2 heterocycles. The van der Waals surface area contributed by atoms with Gasteiger partial charge < -0.3 is 29.9 Å². The second kappa shape index (κ2) is 10.8. The molecule has 1 fully saturated rings. The minimum absolute atomic E-state index is 0.0165. The maximum atomic E-state index is 13.3. The predicted octanol–water partition coefficient (Wildman–Crippen LogP) is 2.87. The molecule has 2 N–H and O–H groups in total. The van der Waals surface area contributed by atoms with Gasteiger partial charge in [0.2, 0.25) is 5.91 Å². The maximum Gasteiger partial charge on any atom is 0.319 e. The number of anilines is 1. The fraction of sp³-hybridized carbons (Fsp3) is 0.423. The van der Waals surface area contributed by atoms with E-state index in [1.165, 1.54) is 0 Å². The quantitative estimate of drug-likeness (QED) is 0.686. The highest BCUT2D eigenvalue weighted by Crippen LogP contribution is 2.32. The first-order valence-corrected chi connectivity index (χ1v) is 11.8. The summed E-state index contributed by atoms with van der Waals surface area (Å²) in [5.74, 6) is 0.253. The number of ether oxygens (including phenoxy) is 2. The van der Waals surface area contributed by atoms with Crippen molar-refractivity contribution in [3.05, 3.63) is 59.7 Å². The summed E-state index contributed by atoms with van der Waals surface area (Å²) in [5.41, 5.74) is 1.87. The third-order valence-electron chi connectivity index (χ3n) is 6.47. The first-order valence-electron chi connectivity index (χ1n) is 11.8. The molecule has 2 aliphatic rings. The predicted molar refractivity (Wildman–Crippen MR) is 131 cm³/mol. The van der Waals surface area contributed by atoms with E-state index in [1.54, 1.807) is 49.1 Å². The van der Waals surface area contributed by atoms with Crippen molar-refractivity contribution in [1.82, 2.24) is 15.1 Å². The summed E-state index contributed by atoms with van der Waals surface area (Å²) in [6.45, 7) is 0.666. The number of nitrogens with zero attached hydrogens (tertiary/aromatic N) is 2. The number of nitrogens with one attached hydrogen (secondary N) is 2. The van der Waals surface area contributed by atoms with Crippen molar-refractivity contribution < 1.29 is 23.9 Å². The van der Waals surface area contributed by atoms with Crippen LogP contribution in [0.2, 0.25) is 0 Å². The van der Waals surface area contributed by atoms with Crippen LogP contribution in [0, 0.1) is 0 Å². The van der Waals surface area contributed by atoms with Gasteiger partial charge in [0, 0.05) is 33.4 Å².